The molecule has 0 aromatic heterocycles. The lowest BCUT2D eigenvalue weighted by atomic mass is 10.7. The van der Waals surface area contributed by atoms with E-state index < -0.39 is 0 Å². The molecule has 0 aromatic rings. The van der Waals surface area contributed by atoms with Crippen molar-refractivity contribution < 1.29 is 0 Å². The Hall–Kier alpha value is -0.170. The third-order valence-electron chi connectivity index (χ3n) is 0.448. The lowest BCUT2D eigenvalue weighted by Gasteiger charge is -1.89. The molecule has 0 spiro atoms. The Morgan fingerprint density at radius 2 is 2.00 bits per heavy atom. The Morgan fingerprint density at radius 3 is 2.11 bits per heavy atom. The third kappa shape index (κ3) is 18.1. The van der Waals surface area contributed by atoms with Crippen molar-refractivity contribution in [1.82, 2.24) is 0 Å². The van der Waals surface area contributed by atoms with E-state index in [0.717, 1.165) is 10.7 Å². The first-order valence-electron chi connectivity index (χ1n) is 3.16. The summed E-state index contributed by atoms with van der Waals surface area (Å²) in [6.45, 7) is 13.3. The van der Waals surface area contributed by atoms with Gasteiger partial charge in [0.05, 0.1) is 0 Å². The molecule has 0 saturated carbocycles. The van der Waals surface area contributed by atoms with Gasteiger partial charge in [-0.05, 0) is 11.8 Å². The standard InChI is InChI=1S/C6H10S.C2H6/c1-4-5-7-6(2)3;1-2/h4H,1-2,5H2,3H3;1-2H3. The van der Waals surface area contributed by atoms with E-state index in [1.54, 1.807) is 11.8 Å². The van der Waals surface area contributed by atoms with Gasteiger partial charge >= 0.3 is 0 Å². The highest BCUT2D eigenvalue weighted by atomic mass is 32.2. The number of thioether (sulfide) groups is 1. The molecular formula is C8H16S. The molecule has 0 aliphatic rings. The average Bonchev–Trinajstić information content (AvgIpc) is 1.88. The van der Waals surface area contributed by atoms with Crippen LogP contribution in [0.3, 0.4) is 0 Å². The fraction of sp³-hybridized carbons (Fsp3) is 0.500. The maximum atomic E-state index is 3.71. The first-order chi connectivity index (χ1) is 4.27. The molecule has 1 heteroatoms. The minimum atomic E-state index is 0.981. The molecule has 0 amide bonds. The lowest BCUT2D eigenvalue weighted by Crippen LogP contribution is -1.65. The first-order valence-corrected chi connectivity index (χ1v) is 4.15. The van der Waals surface area contributed by atoms with E-state index in [-0.39, 0.29) is 0 Å². The third-order valence-corrected chi connectivity index (χ3v) is 1.34. The van der Waals surface area contributed by atoms with Crippen LogP contribution in [0.2, 0.25) is 0 Å². The van der Waals surface area contributed by atoms with Crippen LogP contribution >= 0.6 is 11.8 Å². The molecule has 0 heterocycles. The molecule has 0 N–H and O–H groups in total. The Kier molecular flexibility index (Phi) is 13.9. The van der Waals surface area contributed by atoms with Crippen molar-refractivity contribution in [3.8, 4) is 0 Å². The highest BCUT2D eigenvalue weighted by molar-refractivity contribution is 8.03. The van der Waals surface area contributed by atoms with Crippen molar-refractivity contribution in [3.63, 3.8) is 0 Å². The van der Waals surface area contributed by atoms with Crippen molar-refractivity contribution in [2.45, 2.75) is 20.8 Å². The van der Waals surface area contributed by atoms with Gasteiger partial charge in [0.15, 0.2) is 0 Å². The largest absolute Gasteiger partial charge is 0.127 e. The molecular weight excluding hydrogens is 128 g/mol. The van der Waals surface area contributed by atoms with Gasteiger partial charge < -0.3 is 0 Å². The fourth-order valence-electron chi connectivity index (χ4n) is 0.201. The van der Waals surface area contributed by atoms with Crippen LogP contribution in [0.5, 0.6) is 0 Å². The summed E-state index contributed by atoms with van der Waals surface area (Å²) in [7, 11) is 0. The molecule has 0 rings (SSSR count). The van der Waals surface area contributed by atoms with Crippen molar-refractivity contribution in [2.24, 2.45) is 0 Å². The van der Waals surface area contributed by atoms with Crippen LogP contribution in [0, 0.1) is 0 Å². The van der Waals surface area contributed by atoms with Gasteiger partial charge in [0, 0.05) is 5.75 Å². The van der Waals surface area contributed by atoms with Crippen LogP contribution in [-0.2, 0) is 0 Å². The highest BCUT2D eigenvalue weighted by Crippen LogP contribution is 2.10. The molecule has 0 aliphatic carbocycles. The van der Waals surface area contributed by atoms with E-state index in [1.807, 2.05) is 26.8 Å². The number of allylic oxidation sites excluding steroid dienone is 1. The van der Waals surface area contributed by atoms with Crippen molar-refractivity contribution in [3.05, 3.63) is 24.1 Å². The number of hydrogen-bond acceptors (Lipinski definition) is 1. The number of rotatable bonds is 3. The summed E-state index contributed by atoms with van der Waals surface area (Å²) < 4.78 is 0. The van der Waals surface area contributed by atoms with E-state index in [2.05, 4.69) is 13.2 Å². The summed E-state index contributed by atoms with van der Waals surface area (Å²) in [5, 5.41) is 0. The second-order valence-electron chi connectivity index (χ2n) is 1.30. The van der Waals surface area contributed by atoms with Crippen molar-refractivity contribution in [2.75, 3.05) is 5.75 Å². The van der Waals surface area contributed by atoms with Gasteiger partial charge in [-0.25, -0.2) is 0 Å². The van der Waals surface area contributed by atoms with Crippen LogP contribution < -0.4 is 0 Å². The van der Waals surface area contributed by atoms with E-state index >= 15 is 0 Å². The second-order valence-corrected chi connectivity index (χ2v) is 2.62. The van der Waals surface area contributed by atoms with Gasteiger partial charge in [-0.2, -0.15) is 0 Å². The highest BCUT2D eigenvalue weighted by Gasteiger charge is 1.78. The minimum absolute atomic E-state index is 0.981. The van der Waals surface area contributed by atoms with E-state index in [9.17, 15) is 0 Å². The smallest absolute Gasteiger partial charge is 0.0154 e. The zero-order valence-electron chi connectivity index (χ0n) is 6.61. The number of hydrogen-bond donors (Lipinski definition) is 0. The Balaban J connectivity index is 0. The summed E-state index contributed by atoms with van der Waals surface area (Å²) >= 11 is 1.72. The lowest BCUT2D eigenvalue weighted by molar-refractivity contribution is 1.50. The molecule has 54 valence electrons. The average molecular weight is 144 g/mol. The summed E-state index contributed by atoms with van der Waals surface area (Å²) in [5.74, 6) is 0.981. The molecule has 0 aromatic carbocycles. The molecule has 9 heavy (non-hydrogen) atoms. The first kappa shape index (κ1) is 11.6. The van der Waals surface area contributed by atoms with Crippen molar-refractivity contribution in [1.29, 1.82) is 0 Å². The Bertz CT molecular complexity index is 74.6. The van der Waals surface area contributed by atoms with Gasteiger partial charge in [0.2, 0.25) is 0 Å². The predicted octanol–water partition coefficient (Wildman–Crippen LogP) is 3.47. The van der Waals surface area contributed by atoms with Crippen LogP contribution in [0.4, 0.5) is 0 Å². The zero-order valence-corrected chi connectivity index (χ0v) is 7.42. The van der Waals surface area contributed by atoms with E-state index in [1.165, 1.54) is 0 Å². The fourth-order valence-corrected chi connectivity index (χ4v) is 0.604. The maximum Gasteiger partial charge on any atom is 0.0154 e. The zero-order chi connectivity index (χ0) is 7.70. The Morgan fingerprint density at radius 1 is 1.56 bits per heavy atom. The molecule has 0 bridgehead atoms. The van der Waals surface area contributed by atoms with Crippen molar-refractivity contribution >= 4 is 11.8 Å². The predicted molar refractivity (Wildman–Crippen MR) is 48.8 cm³/mol. The minimum Gasteiger partial charge on any atom is -0.127 e. The summed E-state index contributed by atoms with van der Waals surface area (Å²) in [4.78, 5) is 1.15. The normalized spacial score (nSPS) is 7.00. The van der Waals surface area contributed by atoms with Gasteiger partial charge in [-0.15, -0.1) is 18.3 Å². The van der Waals surface area contributed by atoms with Crippen LogP contribution in [0.25, 0.3) is 0 Å². The summed E-state index contributed by atoms with van der Waals surface area (Å²) in [5.41, 5.74) is 0. The molecule has 0 nitrogen and oxygen atoms in total. The monoisotopic (exact) mass is 144 g/mol. The molecule has 0 aliphatic heterocycles. The molecule has 0 radical (unpaired) electrons. The summed E-state index contributed by atoms with van der Waals surface area (Å²) in [6.07, 6.45) is 1.87. The topological polar surface area (TPSA) is 0 Å². The van der Waals surface area contributed by atoms with Gasteiger partial charge in [0.25, 0.3) is 0 Å². The van der Waals surface area contributed by atoms with Crippen LogP contribution in [0.1, 0.15) is 20.8 Å². The molecule has 0 fully saturated rings. The van der Waals surface area contributed by atoms with Gasteiger partial charge in [0.1, 0.15) is 0 Å². The van der Waals surface area contributed by atoms with Crippen LogP contribution in [-0.4, -0.2) is 5.75 Å². The second kappa shape index (κ2) is 10.7. The quantitative estimate of drug-likeness (QED) is 0.547. The maximum absolute atomic E-state index is 3.71. The van der Waals surface area contributed by atoms with E-state index in [0.29, 0.717) is 0 Å². The van der Waals surface area contributed by atoms with Gasteiger partial charge in [-0.1, -0.05) is 26.5 Å². The summed E-state index contributed by atoms with van der Waals surface area (Å²) in [6, 6.07) is 0. The SMILES string of the molecule is C=CCSC(=C)C.CC. The molecule has 0 unspecified atom stereocenters. The van der Waals surface area contributed by atoms with Crippen LogP contribution in [0.15, 0.2) is 24.1 Å². The Labute approximate surface area is 63.0 Å². The molecule has 0 saturated heterocycles. The van der Waals surface area contributed by atoms with E-state index in [4.69, 9.17) is 0 Å². The molecule has 0 atom stereocenters. The van der Waals surface area contributed by atoms with Gasteiger partial charge in [-0.3, -0.25) is 0 Å².